The molecular weight excluding hydrogens is 336 g/mol. The monoisotopic (exact) mass is 372 g/mol. The van der Waals surface area contributed by atoms with Gasteiger partial charge in [-0.25, -0.2) is 0 Å². The molecule has 0 spiro atoms. The molecule has 2 saturated carbocycles. The molecule has 0 bridgehead atoms. The molecule has 2 aliphatic rings. The lowest BCUT2D eigenvalue weighted by Crippen LogP contribution is -2.11. The molecule has 0 amide bonds. The topological polar surface area (TPSA) is 0 Å². The van der Waals surface area contributed by atoms with Crippen LogP contribution in [0.5, 0.6) is 0 Å². The Bertz CT molecular complexity index is 708. The Morgan fingerprint density at radius 2 is 1.25 bits per heavy atom. The maximum absolute atomic E-state index is 2.40. The van der Waals surface area contributed by atoms with Crippen LogP contribution in [0.25, 0.3) is 11.1 Å². The van der Waals surface area contributed by atoms with E-state index in [1.54, 1.807) is 11.8 Å². The van der Waals surface area contributed by atoms with Gasteiger partial charge in [-0.2, -0.15) is 0 Å². The van der Waals surface area contributed by atoms with E-state index < -0.39 is 0 Å². The first-order valence-electron chi connectivity index (χ1n) is 11.5. The summed E-state index contributed by atoms with van der Waals surface area (Å²) in [5.74, 6) is 5.19. The highest BCUT2D eigenvalue weighted by Gasteiger charge is 2.20. The van der Waals surface area contributed by atoms with Crippen LogP contribution in [-0.4, -0.2) is 0 Å². The van der Waals surface area contributed by atoms with Crippen LogP contribution in [0.3, 0.4) is 0 Å². The number of hydrogen-bond donors (Lipinski definition) is 0. The minimum atomic E-state index is 0.764. The Labute approximate surface area is 172 Å². The lowest BCUT2D eigenvalue weighted by molar-refractivity contribution is 0.394. The van der Waals surface area contributed by atoms with E-state index in [9.17, 15) is 0 Å². The Kier molecular flexibility index (Phi) is 6.55. The van der Waals surface area contributed by atoms with Crippen molar-refractivity contribution < 1.29 is 0 Å². The zero-order valence-corrected chi connectivity index (χ0v) is 17.8. The average Bonchev–Trinajstić information content (AvgIpc) is 2.74. The van der Waals surface area contributed by atoms with Gasteiger partial charge in [0.2, 0.25) is 0 Å². The number of hydrogen-bond acceptors (Lipinski definition) is 0. The fraction of sp³-hybridized carbons (Fsp3) is 0.500. The SMILES string of the molecule is C[C]1CCC(c2ccc(-c3ccc(CC[C]4CCC(C)CC4)cc3)cc2)CC1. The van der Waals surface area contributed by atoms with Crippen LogP contribution in [0, 0.1) is 17.8 Å². The third kappa shape index (κ3) is 5.07. The van der Waals surface area contributed by atoms with E-state index in [2.05, 4.69) is 62.4 Å². The largest absolute Gasteiger partial charge is 0.0625 e. The molecule has 2 aromatic rings. The fourth-order valence-corrected chi connectivity index (χ4v) is 5.00. The zero-order valence-electron chi connectivity index (χ0n) is 17.8. The average molecular weight is 373 g/mol. The van der Waals surface area contributed by atoms with Crippen molar-refractivity contribution in [2.45, 2.75) is 84.0 Å². The summed E-state index contributed by atoms with van der Waals surface area (Å²) in [5.41, 5.74) is 5.72. The second-order valence-corrected chi connectivity index (χ2v) is 9.48. The van der Waals surface area contributed by atoms with E-state index in [1.807, 2.05) is 0 Å². The molecule has 0 saturated heterocycles. The molecule has 0 heteroatoms. The van der Waals surface area contributed by atoms with Crippen LogP contribution in [-0.2, 0) is 6.42 Å². The van der Waals surface area contributed by atoms with Crippen molar-refractivity contribution in [1.29, 1.82) is 0 Å². The van der Waals surface area contributed by atoms with Gasteiger partial charge in [0.25, 0.3) is 0 Å². The smallest absolute Gasteiger partial charge is 0.0162 e. The van der Waals surface area contributed by atoms with Gasteiger partial charge >= 0.3 is 0 Å². The summed E-state index contributed by atoms with van der Waals surface area (Å²) < 4.78 is 0. The quantitative estimate of drug-likeness (QED) is 0.495. The van der Waals surface area contributed by atoms with Crippen LogP contribution < -0.4 is 0 Å². The van der Waals surface area contributed by atoms with E-state index in [-0.39, 0.29) is 0 Å². The van der Waals surface area contributed by atoms with Crippen molar-refractivity contribution in [3.05, 3.63) is 71.5 Å². The molecule has 28 heavy (non-hydrogen) atoms. The molecule has 4 rings (SSSR count). The van der Waals surface area contributed by atoms with Gasteiger partial charge < -0.3 is 0 Å². The summed E-state index contributed by atoms with van der Waals surface area (Å²) in [7, 11) is 0. The van der Waals surface area contributed by atoms with Gasteiger partial charge in [-0.3, -0.25) is 0 Å². The number of aryl methyl sites for hydroxylation is 1. The van der Waals surface area contributed by atoms with Crippen molar-refractivity contribution in [2.24, 2.45) is 5.92 Å². The van der Waals surface area contributed by atoms with Crippen molar-refractivity contribution in [2.75, 3.05) is 0 Å². The minimum absolute atomic E-state index is 0.764. The Morgan fingerprint density at radius 3 is 1.86 bits per heavy atom. The van der Waals surface area contributed by atoms with Crippen molar-refractivity contribution in [3.8, 4) is 11.1 Å². The summed E-state index contributed by atoms with van der Waals surface area (Å²) in [6, 6.07) is 18.7. The molecule has 0 unspecified atom stereocenters. The highest BCUT2D eigenvalue weighted by molar-refractivity contribution is 5.64. The van der Waals surface area contributed by atoms with E-state index in [0.29, 0.717) is 0 Å². The molecule has 2 fully saturated rings. The molecule has 148 valence electrons. The summed E-state index contributed by atoms with van der Waals surface area (Å²) >= 11 is 0. The standard InChI is InChI=1S/C28H36/c1-21-3-7-23(8-4-21)9-10-24-11-15-26(16-12-24)28-19-17-27(18-20-28)25-13-5-22(2)6-14-25/h11-12,15-21,25H,3-10,13-14H2,1-2H3. The third-order valence-corrected chi connectivity index (χ3v) is 7.26. The molecule has 0 heterocycles. The molecular formula is C28H36. The van der Waals surface area contributed by atoms with Crippen LogP contribution in [0.15, 0.2) is 48.5 Å². The summed E-state index contributed by atoms with van der Waals surface area (Å²) in [6.07, 6.45) is 13.3. The molecule has 0 N–H and O–H groups in total. The molecule has 2 aromatic carbocycles. The van der Waals surface area contributed by atoms with Gasteiger partial charge in [-0.05, 0) is 97.3 Å². The highest BCUT2D eigenvalue weighted by Crippen LogP contribution is 2.37. The van der Waals surface area contributed by atoms with Crippen molar-refractivity contribution >= 4 is 0 Å². The second kappa shape index (κ2) is 9.29. The molecule has 0 atom stereocenters. The maximum atomic E-state index is 2.40. The van der Waals surface area contributed by atoms with Crippen LogP contribution >= 0.6 is 0 Å². The molecule has 0 aliphatic heterocycles. The van der Waals surface area contributed by atoms with Crippen LogP contribution in [0.1, 0.15) is 88.7 Å². The predicted octanol–water partition coefficient (Wildman–Crippen LogP) is 8.32. The minimum Gasteiger partial charge on any atom is -0.0625 e. The highest BCUT2D eigenvalue weighted by atomic mass is 14.2. The normalized spacial score (nSPS) is 20.5. The Morgan fingerprint density at radius 1 is 0.679 bits per heavy atom. The first-order chi connectivity index (χ1) is 13.7. The van der Waals surface area contributed by atoms with Crippen LogP contribution in [0.2, 0.25) is 0 Å². The predicted molar refractivity (Wildman–Crippen MR) is 121 cm³/mol. The van der Waals surface area contributed by atoms with Gasteiger partial charge in [0.05, 0.1) is 0 Å². The molecule has 0 nitrogen and oxygen atoms in total. The molecule has 0 aromatic heterocycles. The molecule has 2 aliphatic carbocycles. The van der Waals surface area contributed by atoms with Gasteiger partial charge in [0.1, 0.15) is 0 Å². The van der Waals surface area contributed by atoms with Crippen molar-refractivity contribution in [3.63, 3.8) is 0 Å². The van der Waals surface area contributed by atoms with E-state index in [1.165, 1.54) is 86.5 Å². The fourth-order valence-electron chi connectivity index (χ4n) is 5.00. The number of rotatable bonds is 5. The Balaban J connectivity index is 1.32. The lowest BCUT2D eigenvalue weighted by Gasteiger charge is -2.26. The van der Waals surface area contributed by atoms with Crippen molar-refractivity contribution in [1.82, 2.24) is 0 Å². The summed E-state index contributed by atoms with van der Waals surface area (Å²) in [4.78, 5) is 0. The van der Waals surface area contributed by atoms with Gasteiger partial charge in [-0.1, -0.05) is 75.2 Å². The van der Waals surface area contributed by atoms with E-state index in [4.69, 9.17) is 0 Å². The summed E-state index contributed by atoms with van der Waals surface area (Å²) in [6.45, 7) is 4.72. The first kappa shape index (κ1) is 19.7. The maximum Gasteiger partial charge on any atom is -0.0162 e. The number of benzene rings is 2. The van der Waals surface area contributed by atoms with E-state index in [0.717, 1.165) is 11.8 Å². The lowest BCUT2D eigenvalue weighted by atomic mass is 9.79. The zero-order chi connectivity index (χ0) is 19.3. The first-order valence-corrected chi connectivity index (χ1v) is 11.5. The van der Waals surface area contributed by atoms with Gasteiger partial charge in [0, 0.05) is 0 Å². The molecule has 2 radical (unpaired) electrons. The Hall–Kier alpha value is -1.56. The van der Waals surface area contributed by atoms with Gasteiger partial charge in [-0.15, -0.1) is 0 Å². The van der Waals surface area contributed by atoms with Crippen LogP contribution in [0.4, 0.5) is 0 Å². The second-order valence-electron chi connectivity index (χ2n) is 9.48. The van der Waals surface area contributed by atoms with Gasteiger partial charge in [0.15, 0.2) is 0 Å². The van der Waals surface area contributed by atoms with E-state index >= 15 is 0 Å². The third-order valence-electron chi connectivity index (χ3n) is 7.26. The summed E-state index contributed by atoms with van der Waals surface area (Å²) in [5, 5.41) is 0.